The third kappa shape index (κ3) is 24.1. The Morgan fingerprint density at radius 3 is 0.704 bits per heavy atom. The monoisotopic (exact) mass is 794 g/mol. The summed E-state index contributed by atoms with van der Waals surface area (Å²) in [5.74, 6) is -2.82. The van der Waals surface area contributed by atoms with Gasteiger partial charge >= 0.3 is 0 Å². The first-order valence-electron chi connectivity index (χ1n) is 19.2. The van der Waals surface area contributed by atoms with Crippen LogP contribution in [-0.2, 0) is 28.4 Å². The summed E-state index contributed by atoms with van der Waals surface area (Å²) in [6.07, 6.45) is -2.95. The Balaban J connectivity index is 7.19. The Hall–Kier alpha value is -0.720. The lowest BCUT2D eigenvalue weighted by molar-refractivity contribution is -0.210. The predicted octanol–water partition coefficient (Wildman–Crippen LogP) is -3.49. The summed E-state index contributed by atoms with van der Waals surface area (Å²) >= 11 is 0. The van der Waals surface area contributed by atoms with Gasteiger partial charge in [0, 0.05) is 115 Å². The van der Waals surface area contributed by atoms with Gasteiger partial charge in [-0.05, 0) is 38.5 Å². The molecule has 0 bridgehead atoms. The molecule has 12 N–H and O–H groups in total. The van der Waals surface area contributed by atoms with Gasteiger partial charge in [-0.15, -0.1) is 0 Å². The molecule has 10 unspecified atom stereocenters. The van der Waals surface area contributed by atoms with Gasteiger partial charge in [-0.1, -0.05) is 0 Å². The highest BCUT2D eigenvalue weighted by atomic mass is 16.6. The third-order valence-electron chi connectivity index (χ3n) is 9.24. The minimum Gasteiger partial charge on any atom is -0.396 e. The minimum atomic E-state index is -1.13. The SMILES string of the molecule is OCCC(CO)COCC(OCC(CO)CCO)C(OCC(CO)CCO)C(OCC(CO)CCO)C(COCC(CO)CCO)OCC(CO)CCO. The molecule has 0 heterocycles. The molecule has 18 heteroatoms. The quantitative estimate of drug-likeness (QED) is 0.0286. The van der Waals surface area contributed by atoms with Crippen LogP contribution in [0.5, 0.6) is 0 Å². The maximum absolute atomic E-state index is 10.1. The van der Waals surface area contributed by atoms with E-state index in [1.807, 2.05) is 0 Å². The van der Waals surface area contributed by atoms with Crippen molar-refractivity contribution in [1.29, 1.82) is 0 Å². The molecule has 0 aromatic carbocycles. The van der Waals surface area contributed by atoms with Gasteiger partial charge < -0.3 is 89.7 Å². The number of hydrogen-bond donors (Lipinski definition) is 12. The van der Waals surface area contributed by atoms with Crippen LogP contribution in [-0.4, -0.2) is 218 Å². The van der Waals surface area contributed by atoms with Crippen molar-refractivity contribution in [3.05, 3.63) is 0 Å². The number of aliphatic hydroxyl groups is 12. The highest BCUT2D eigenvalue weighted by molar-refractivity contribution is 4.88. The van der Waals surface area contributed by atoms with Crippen LogP contribution in [0.3, 0.4) is 0 Å². The van der Waals surface area contributed by atoms with Crippen molar-refractivity contribution in [2.75, 3.05) is 132 Å². The lowest BCUT2D eigenvalue weighted by Gasteiger charge is -2.39. The maximum atomic E-state index is 10.1. The van der Waals surface area contributed by atoms with Gasteiger partial charge in [0.2, 0.25) is 0 Å². The zero-order valence-electron chi connectivity index (χ0n) is 32.0. The molecule has 0 aliphatic heterocycles. The van der Waals surface area contributed by atoms with E-state index in [1.54, 1.807) is 0 Å². The fraction of sp³-hybridized carbons (Fsp3) is 1.00. The van der Waals surface area contributed by atoms with E-state index in [2.05, 4.69) is 0 Å². The van der Waals surface area contributed by atoms with Crippen molar-refractivity contribution in [3.63, 3.8) is 0 Å². The normalized spacial score (nSPS) is 17.8. The third-order valence-corrected chi connectivity index (χ3v) is 9.24. The van der Waals surface area contributed by atoms with E-state index in [0.29, 0.717) is 0 Å². The first-order valence-corrected chi connectivity index (χ1v) is 19.2. The number of rotatable bonds is 41. The lowest BCUT2D eigenvalue weighted by Crippen LogP contribution is -2.54. The second kappa shape index (κ2) is 36.6. The Kier molecular flexibility index (Phi) is 36.1. The molecule has 0 aliphatic carbocycles. The fourth-order valence-electron chi connectivity index (χ4n) is 5.48. The molecule has 0 rings (SSSR count). The molecule has 0 radical (unpaired) electrons. The summed E-state index contributed by atoms with van der Waals surface area (Å²) in [7, 11) is 0. The summed E-state index contributed by atoms with van der Waals surface area (Å²) in [6.45, 7) is -3.68. The molecule has 0 aromatic rings. The minimum absolute atomic E-state index is 0.0257. The van der Waals surface area contributed by atoms with Crippen LogP contribution in [0.4, 0.5) is 0 Å². The molecule has 0 aromatic heterocycles. The average molecular weight is 795 g/mol. The number of aliphatic hydroxyl groups excluding tert-OH is 12. The molecule has 0 fully saturated rings. The summed E-state index contributed by atoms with van der Waals surface area (Å²) in [5, 5.41) is 117. The fourth-order valence-corrected chi connectivity index (χ4v) is 5.48. The predicted molar refractivity (Wildman–Crippen MR) is 194 cm³/mol. The van der Waals surface area contributed by atoms with Crippen molar-refractivity contribution in [3.8, 4) is 0 Å². The topological polar surface area (TPSA) is 298 Å². The average Bonchev–Trinajstić information content (AvgIpc) is 3.18. The van der Waals surface area contributed by atoms with Crippen molar-refractivity contribution in [1.82, 2.24) is 0 Å². The van der Waals surface area contributed by atoms with Crippen molar-refractivity contribution in [2.45, 2.75) is 62.9 Å². The lowest BCUT2D eigenvalue weighted by atomic mass is 10.00. The molecule has 10 atom stereocenters. The van der Waals surface area contributed by atoms with Gasteiger partial charge in [-0.25, -0.2) is 0 Å². The van der Waals surface area contributed by atoms with Crippen LogP contribution in [0.2, 0.25) is 0 Å². The van der Waals surface area contributed by atoms with Crippen LogP contribution < -0.4 is 0 Å². The van der Waals surface area contributed by atoms with E-state index in [0.717, 1.165) is 0 Å². The Morgan fingerprint density at radius 1 is 0.259 bits per heavy atom. The van der Waals surface area contributed by atoms with E-state index in [9.17, 15) is 61.3 Å². The summed E-state index contributed by atoms with van der Waals surface area (Å²) < 4.78 is 37.7. The second-order valence-electron chi connectivity index (χ2n) is 13.8. The smallest absolute Gasteiger partial charge is 0.115 e. The van der Waals surface area contributed by atoms with Gasteiger partial charge in [-0.2, -0.15) is 0 Å². The summed E-state index contributed by atoms with van der Waals surface area (Å²) in [4.78, 5) is 0. The standard InChI is InChI=1S/C36H74O18/c37-7-1-27(13-43)19-49-25-33(51-21-29(15-45)3-9-39)35(53-23-31(17-47)5-11-41)36(54-24-32(18-48)6-12-42)34(52-22-30(16-46)4-10-40)26-50-20-28(14-44)2-8-38/h27-48H,1-26H2. The van der Waals surface area contributed by atoms with Crippen molar-refractivity contribution in [2.24, 2.45) is 35.5 Å². The van der Waals surface area contributed by atoms with Crippen LogP contribution in [0, 0.1) is 35.5 Å². The zero-order valence-corrected chi connectivity index (χ0v) is 32.0. The van der Waals surface area contributed by atoms with Crippen LogP contribution in [0.1, 0.15) is 38.5 Å². The summed E-state index contributed by atoms with van der Waals surface area (Å²) in [5.41, 5.74) is 0. The summed E-state index contributed by atoms with van der Waals surface area (Å²) in [6, 6.07) is 0. The molecule has 18 nitrogen and oxygen atoms in total. The van der Waals surface area contributed by atoms with E-state index in [-0.39, 0.29) is 171 Å². The van der Waals surface area contributed by atoms with E-state index < -0.39 is 59.9 Å². The van der Waals surface area contributed by atoms with Crippen molar-refractivity contribution < 1.29 is 89.7 Å². The van der Waals surface area contributed by atoms with Crippen LogP contribution >= 0.6 is 0 Å². The molecule has 0 aliphatic rings. The molecule has 0 spiro atoms. The molecule has 326 valence electrons. The Bertz CT molecular complexity index is 726. The first kappa shape index (κ1) is 53.3. The van der Waals surface area contributed by atoms with Crippen LogP contribution in [0.25, 0.3) is 0 Å². The van der Waals surface area contributed by atoms with E-state index >= 15 is 0 Å². The highest BCUT2D eigenvalue weighted by Gasteiger charge is 2.40. The molecular formula is C36H74O18. The number of hydrogen-bond acceptors (Lipinski definition) is 18. The van der Waals surface area contributed by atoms with Gasteiger partial charge in [0.05, 0.1) is 52.9 Å². The molecule has 0 saturated heterocycles. The molecule has 0 saturated carbocycles. The first-order chi connectivity index (χ1) is 26.3. The van der Waals surface area contributed by atoms with E-state index in [1.165, 1.54) is 0 Å². The Labute approximate surface area is 320 Å². The van der Waals surface area contributed by atoms with Gasteiger partial charge in [0.15, 0.2) is 0 Å². The van der Waals surface area contributed by atoms with Crippen LogP contribution in [0.15, 0.2) is 0 Å². The van der Waals surface area contributed by atoms with Gasteiger partial charge in [0.25, 0.3) is 0 Å². The van der Waals surface area contributed by atoms with E-state index in [4.69, 9.17) is 28.4 Å². The molecule has 54 heavy (non-hydrogen) atoms. The van der Waals surface area contributed by atoms with Gasteiger partial charge in [0.1, 0.15) is 24.4 Å². The highest BCUT2D eigenvalue weighted by Crippen LogP contribution is 2.24. The molecular weight excluding hydrogens is 720 g/mol. The maximum Gasteiger partial charge on any atom is 0.115 e. The largest absolute Gasteiger partial charge is 0.396 e. The Morgan fingerprint density at radius 2 is 0.481 bits per heavy atom. The zero-order chi connectivity index (χ0) is 40.4. The van der Waals surface area contributed by atoms with Gasteiger partial charge in [-0.3, -0.25) is 0 Å². The van der Waals surface area contributed by atoms with Crippen molar-refractivity contribution >= 4 is 0 Å². The molecule has 0 amide bonds. The second-order valence-corrected chi connectivity index (χ2v) is 13.8. The number of ether oxygens (including phenoxy) is 6.